The molecule has 0 amide bonds. The molecule has 1 heteroatoms. The second-order valence-electron chi connectivity index (χ2n) is 2.01. The maximum absolute atomic E-state index is 9.80. The number of hydrogen-bond acceptors (Lipinski definition) is 1. The van der Waals surface area contributed by atoms with Crippen LogP contribution in [-0.4, -0.2) is 5.94 Å². The molecule has 0 aliphatic carbocycles. The minimum Gasteiger partial charge on any atom is -0.234 e. The van der Waals surface area contributed by atoms with Crippen LogP contribution in [0.25, 0.3) is 0 Å². The van der Waals surface area contributed by atoms with Crippen molar-refractivity contribution < 1.29 is 4.79 Å². The highest BCUT2D eigenvalue weighted by Gasteiger charge is 1.83. The maximum atomic E-state index is 9.80. The zero-order valence-electron chi connectivity index (χ0n) is 5.58. The van der Waals surface area contributed by atoms with Crippen LogP contribution in [0.15, 0.2) is 36.4 Å². The van der Waals surface area contributed by atoms with E-state index in [-0.39, 0.29) is 0 Å². The van der Waals surface area contributed by atoms with Crippen molar-refractivity contribution in [1.82, 2.24) is 0 Å². The third kappa shape index (κ3) is 1.88. The molecule has 1 aromatic carbocycles. The second kappa shape index (κ2) is 3.65. The minimum atomic E-state index is 0.685. The fourth-order valence-corrected chi connectivity index (χ4v) is 0.774. The molecule has 0 aliphatic heterocycles. The van der Waals surface area contributed by atoms with Crippen molar-refractivity contribution in [3.63, 3.8) is 0 Å². The summed E-state index contributed by atoms with van der Waals surface area (Å²) in [6, 6.07) is 9.82. The summed E-state index contributed by atoms with van der Waals surface area (Å²) in [5.74, 6) is 1.74. The van der Waals surface area contributed by atoms with Crippen LogP contribution in [0.1, 0.15) is 5.56 Å². The van der Waals surface area contributed by atoms with E-state index in [1.54, 1.807) is 5.94 Å². The van der Waals surface area contributed by atoms with Crippen LogP contribution < -0.4 is 0 Å². The van der Waals surface area contributed by atoms with Crippen LogP contribution in [0.3, 0.4) is 0 Å². The molecule has 1 rings (SSSR count). The fourth-order valence-electron chi connectivity index (χ4n) is 0.774. The van der Waals surface area contributed by atoms with Crippen molar-refractivity contribution in [2.75, 3.05) is 0 Å². The van der Waals surface area contributed by atoms with Gasteiger partial charge >= 0.3 is 0 Å². The van der Waals surface area contributed by atoms with Crippen LogP contribution >= 0.6 is 0 Å². The maximum Gasteiger partial charge on any atom is 0.120 e. The van der Waals surface area contributed by atoms with E-state index in [4.69, 9.17) is 0 Å². The lowest BCUT2D eigenvalue weighted by atomic mass is 10.2. The molecule has 0 heterocycles. The SMILES string of the molecule is O=C=CCc1ccccc1. The van der Waals surface area contributed by atoms with Gasteiger partial charge < -0.3 is 0 Å². The van der Waals surface area contributed by atoms with Gasteiger partial charge in [-0.2, -0.15) is 0 Å². The van der Waals surface area contributed by atoms with E-state index in [1.165, 1.54) is 6.08 Å². The molecular formula is C9H8O. The molecule has 0 saturated carbocycles. The molecule has 50 valence electrons. The van der Waals surface area contributed by atoms with E-state index in [9.17, 15) is 4.79 Å². The first-order chi connectivity index (χ1) is 4.93. The third-order valence-electron chi connectivity index (χ3n) is 1.26. The van der Waals surface area contributed by atoms with Gasteiger partial charge in [0.15, 0.2) is 0 Å². The van der Waals surface area contributed by atoms with Crippen molar-refractivity contribution in [3.8, 4) is 0 Å². The Kier molecular flexibility index (Phi) is 2.48. The molecule has 0 N–H and O–H groups in total. The van der Waals surface area contributed by atoms with Gasteiger partial charge in [0.1, 0.15) is 5.94 Å². The summed E-state index contributed by atoms with van der Waals surface area (Å²) in [5.41, 5.74) is 1.14. The Morgan fingerprint density at radius 1 is 1.30 bits per heavy atom. The highest BCUT2D eigenvalue weighted by molar-refractivity contribution is 5.46. The van der Waals surface area contributed by atoms with Gasteiger partial charge in [0.05, 0.1) is 0 Å². The zero-order chi connectivity index (χ0) is 7.23. The lowest BCUT2D eigenvalue weighted by molar-refractivity contribution is 0.568. The summed E-state index contributed by atoms with van der Waals surface area (Å²) < 4.78 is 0. The Hall–Kier alpha value is -1.33. The third-order valence-corrected chi connectivity index (χ3v) is 1.26. The van der Waals surface area contributed by atoms with Gasteiger partial charge in [0.25, 0.3) is 0 Å². The highest BCUT2D eigenvalue weighted by Crippen LogP contribution is 1.98. The van der Waals surface area contributed by atoms with Crippen molar-refractivity contribution in [3.05, 3.63) is 42.0 Å². The van der Waals surface area contributed by atoms with Gasteiger partial charge in [-0.25, -0.2) is 4.79 Å². The van der Waals surface area contributed by atoms with Gasteiger partial charge in [-0.05, 0) is 5.56 Å². The van der Waals surface area contributed by atoms with Crippen molar-refractivity contribution in [1.29, 1.82) is 0 Å². The Labute approximate surface area is 60.0 Å². The Bertz CT molecular complexity index is 232. The molecule has 0 unspecified atom stereocenters. The largest absolute Gasteiger partial charge is 0.234 e. The first-order valence-corrected chi connectivity index (χ1v) is 3.17. The molecule has 0 saturated heterocycles. The summed E-state index contributed by atoms with van der Waals surface area (Å²) >= 11 is 0. The summed E-state index contributed by atoms with van der Waals surface area (Å²) in [4.78, 5) is 9.80. The summed E-state index contributed by atoms with van der Waals surface area (Å²) in [6.07, 6.45) is 2.17. The summed E-state index contributed by atoms with van der Waals surface area (Å²) in [6.45, 7) is 0. The van der Waals surface area contributed by atoms with Crippen LogP contribution in [0.2, 0.25) is 0 Å². The highest BCUT2D eigenvalue weighted by atomic mass is 16.1. The normalized spacial score (nSPS) is 8.40. The van der Waals surface area contributed by atoms with E-state index in [2.05, 4.69) is 0 Å². The zero-order valence-corrected chi connectivity index (χ0v) is 5.58. The van der Waals surface area contributed by atoms with E-state index < -0.39 is 0 Å². The predicted molar refractivity (Wildman–Crippen MR) is 40.4 cm³/mol. The number of rotatable bonds is 2. The van der Waals surface area contributed by atoms with Crippen LogP contribution in [0.5, 0.6) is 0 Å². The van der Waals surface area contributed by atoms with Gasteiger partial charge in [0.2, 0.25) is 0 Å². The average molecular weight is 132 g/mol. The molecule has 0 aliphatic rings. The van der Waals surface area contributed by atoms with Crippen molar-refractivity contribution >= 4 is 5.94 Å². The average Bonchev–Trinajstić information content (AvgIpc) is 2.03. The minimum absolute atomic E-state index is 0.685. The standard InChI is InChI=1S/C9H8O/c10-8-4-7-9-5-2-1-3-6-9/h1-6H,7H2. The van der Waals surface area contributed by atoms with Crippen LogP contribution in [-0.2, 0) is 11.2 Å². The number of hydrogen-bond donors (Lipinski definition) is 0. The predicted octanol–water partition coefficient (Wildman–Crippen LogP) is 1.62. The second-order valence-corrected chi connectivity index (χ2v) is 2.01. The molecule has 0 radical (unpaired) electrons. The number of carbonyl (C=O) groups excluding carboxylic acids is 1. The first kappa shape index (κ1) is 6.79. The van der Waals surface area contributed by atoms with Crippen molar-refractivity contribution in [2.45, 2.75) is 6.42 Å². The smallest absolute Gasteiger partial charge is 0.120 e. The molecule has 0 spiro atoms. The number of allylic oxidation sites excluding steroid dienone is 1. The molecule has 0 bridgehead atoms. The van der Waals surface area contributed by atoms with Crippen molar-refractivity contribution in [2.24, 2.45) is 0 Å². The van der Waals surface area contributed by atoms with E-state index in [0.29, 0.717) is 6.42 Å². The summed E-state index contributed by atoms with van der Waals surface area (Å²) in [5, 5.41) is 0. The summed E-state index contributed by atoms with van der Waals surface area (Å²) in [7, 11) is 0. The first-order valence-electron chi connectivity index (χ1n) is 3.17. The molecule has 0 aromatic heterocycles. The molecule has 0 atom stereocenters. The topological polar surface area (TPSA) is 17.1 Å². The Balaban J connectivity index is 2.67. The Morgan fingerprint density at radius 2 is 2.00 bits per heavy atom. The monoisotopic (exact) mass is 132 g/mol. The molecule has 10 heavy (non-hydrogen) atoms. The lowest BCUT2D eigenvalue weighted by Gasteiger charge is -1.90. The van der Waals surface area contributed by atoms with Gasteiger partial charge in [-0.1, -0.05) is 30.3 Å². The quantitative estimate of drug-likeness (QED) is 0.559. The van der Waals surface area contributed by atoms with Crippen LogP contribution in [0, 0.1) is 0 Å². The lowest BCUT2D eigenvalue weighted by Crippen LogP contribution is -1.77. The molecule has 1 aromatic rings. The van der Waals surface area contributed by atoms with Crippen LogP contribution in [0.4, 0.5) is 0 Å². The number of benzene rings is 1. The van der Waals surface area contributed by atoms with E-state index in [0.717, 1.165) is 5.56 Å². The molecule has 0 fully saturated rings. The Morgan fingerprint density at radius 3 is 2.60 bits per heavy atom. The van der Waals surface area contributed by atoms with Gasteiger partial charge in [-0.15, -0.1) is 0 Å². The molecule has 1 nitrogen and oxygen atoms in total. The molecular weight excluding hydrogens is 124 g/mol. The fraction of sp³-hybridized carbons (Fsp3) is 0.111. The van der Waals surface area contributed by atoms with E-state index in [1.807, 2.05) is 30.3 Å². The van der Waals surface area contributed by atoms with Gasteiger partial charge in [-0.3, -0.25) is 0 Å². The van der Waals surface area contributed by atoms with Gasteiger partial charge in [0, 0.05) is 12.5 Å². The van der Waals surface area contributed by atoms with E-state index >= 15 is 0 Å².